The van der Waals surface area contributed by atoms with E-state index in [2.05, 4.69) is 0 Å². The second kappa shape index (κ2) is 4.49. The van der Waals surface area contributed by atoms with Gasteiger partial charge < -0.3 is 4.90 Å². The minimum absolute atomic E-state index is 0.0844. The molecule has 3 heteroatoms. The summed E-state index contributed by atoms with van der Waals surface area (Å²) in [4.78, 5) is 13.7. The van der Waals surface area contributed by atoms with Crippen molar-refractivity contribution in [3.8, 4) is 0 Å². The SMILES string of the molecule is O=C(c1ccc(CCl)cc1)N1CC=CC1. The fraction of sp³-hybridized carbons (Fsp3) is 0.250. The van der Waals surface area contributed by atoms with Gasteiger partial charge in [0.15, 0.2) is 0 Å². The van der Waals surface area contributed by atoms with Crippen LogP contribution >= 0.6 is 11.6 Å². The third-order valence-corrected chi connectivity index (χ3v) is 2.77. The first-order valence-corrected chi connectivity index (χ1v) is 5.44. The van der Waals surface area contributed by atoms with Gasteiger partial charge in [0.1, 0.15) is 0 Å². The first kappa shape index (κ1) is 10.2. The molecule has 0 fully saturated rings. The average Bonchev–Trinajstić information content (AvgIpc) is 2.82. The van der Waals surface area contributed by atoms with Gasteiger partial charge in [-0.15, -0.1) is 11.6 Å². The monoisotopic (exact) mass is 221 g/mol. The zero-order chi connectivity index (χ0) is 10.7. The van der Waals surface area contributed by atoms with E-state index in [9.17, 15) is 4.79 Å². The van der Waals surface area contributed by atoms with Crippen LogP contribution in [0.15, 0.2) is 36.4 Å². The van der Waals surface area contributed by atoms with Gasteiger partial charge in [0, 0.05) is 24.5 Å². The van der Waals surface area contributed by atoms with Crippen molar-refractivity contribution in [3.05, 3.63) is 47.5 Å². The van der Waals surface area contributed by atoms with Crippen LogP contribution in [0.2, 0.25) is 0 Å². The summed E-state index contributed by atoms with van der Waals surface area (Å²) in [5.74, 6) is 0.570. The summed E-state index contributed by atoms with van der Waals surface area (Å²) in [5.41, 5.74) is 1.76. The van der Waals surface area contributed by atoms with Gasteiger partial charge in [-0.3, -0.25) is 4.79 Å². The minimum Gasteiger partial charge on any atom is -0.331 e. The van der Waals surface area contributed by atoms with E-state index in [1.807, 2.05) is 36.4 Å². The molecule has 1 heterocycles. The van der Waals surface area contributed by atoms with E-state index in [-0.39, 0.29) is 5.91 Å². The highest BCUT2D eigenvalue weighted by molar-refractivity contribution is 6.17. The summed E-state index contributed by atoms with van der Waals surface area (Å²) in [7, 11) is 0. The zero-order valence-electron chi connectivity index (χ0n) is 8.32. The third kappa shape index (κ3) is 2.21. The van der Waals surface area contributed by atoms with Gasteiger partial charge in [0.25, 0.3) is 5.91 Å². The molecule has 1 aliphatic heterocycles. The Balaban J connectivity index is 2.11. The van der Waals surface area contributed by atoms with Gasteiger partial charge >= 0.3 is 0 Å². The first-order chi connectivity index (χ1) is 7.31. The molecule has 0 saturated heterocycles. The van der Waals surface area contributed by atoms with Crippen LogP contribution in [0.1, 0.15) is 15.9 Å². The molecule has 1 amide bonds. The second-order valence-corrected chi connectivity index (χ2v) is 3.78. The number of hydrogen-bond acceptors (Lipinski definition) is 1. The van der Waals surface area contributed by atoms with E-state index < -0.39 is 0 Å². The molecule has 0 saturated carbocycles. The van der Waals surface area contributed by atoms with Gasteiger partial charge in [-0.2, -0.15) is 0 Å². The number of alkyl halides is 1. The number of carbonyl (C=O) groups excluding carboxylic acids is 1. The Hall–Kier alpha value is -1.28. The molecule has 0 unspecified atom stereocenters. The van der Waals surface area contributed by atoms with Gasteiger partial charge in [-0.05, 0) is 17.7 Å². The van der Waals surface area contributed by atoms with Gasteiger partial charge in [-0.1, -0.05) is 24.3 Å². The molecular weight excluding hydrogens is 210 g/mol. The van der Waals surface area contributed by atoms with E-state index in [1.54, 1.807) is 4.90 Å². The molecular formula is C12H12ClNO. The lowest BCUT2D eigenvalue weighted by molar-refractivity contribution is 0.0800. The summed E-state index contributed by atoms with van der Waals surface area (Å²) in [6, 6.07) is 7.45. The molecule has 15 heavy (non-hydrogen) atoms. The Bertz CT molecular complexity index is 375. The number of halogens is 1. The molecule has 1 aliphatic rings. The van der Waals surface area contributed by atoms with Crippen LogP contribution in [-0.2, 0) is 5.88 Å². The van der Waals surface area contributed by atoms with E-state index in [4.69, 9.17) is 11.6 Å². The van der Waals surface area contributed by atoms with Gasteiger partial charge in [0.05, 0.1) is 0 Å². The van der Waals surface area contributed by atoms with Crippen molar-refractivity contribution in [1.29, 1.82) is 0 Å². The normalized spacial score (nSPS) is 14.6. The molecule has 0 radical (unpaired) electrons. The molecule has 0 spiro atoms. The highest BCUT2D eigenvalue weighted by Gasteiger charge is 2.15. The van der Waals surface area contributed by atoms with Gasteiger partial charge in [-0.25, -0.2) is 0 Å². The minimum atomic E-state index is 0.0844. The lowest BCUT2D eigenvalue weighted by Crippen LogP contribution is -2.28. The molecule has 0 aliphatic carbocycles. The summed E-state index contributed by atoms with van der Waals surface area (Å²) in [6.45, 7) is 1.44. The standard InChI is InChI=1S/C12H12ClNO/c13-9-10-3-5-11(6-4-10)12(15)14-7-1-2-8-14/h1-6H,7-9H2. The molecule has 78 valence electrons. The maximum atomic E-state index is 11.9. The van der Waals surface area contributed by atoms with Crippen LogP contribution in [0.4, 0.5) is 0 Å². The summed E-state index contributed by atoms with van der Waals surface area (Å²) < 4.78 is 0. The van der Waals surface area contributed by atoms with E-state index >= 15 is 0 Å². The molecule has 0 atom stereocenters. The van der Waals surface area contributed by atoms with Crippen LogP contribution in [0.25, 0.3) is 0 Å². The van der Waals surface area contributed by atoms with E-state index in [1.165, 1.54) is 0 Å². The Kier molecular flexibility index (Phi) is 3.07. The maximum absolute atomic E-state index is 11.9. The van der Waals surface area contributed by atoms with Crippen LogP contribution in [0, 0.1) is 0 Å². The number of nitrogens with zero attached hydrogens (tertiary/aromatic N) is 1. The molecule has 2 nitrogen and oxygen atoms in total. The Labute approximate surface area is 94.2 Å². The smallest absolute Gasteiger partial charge is 0.254 e. The largest absolute Gasteiger partial charge is 0.331 e. The quantitative estimate of drug-likeness (QED) is 0.555. The number of carbonyl (C=O) groups is 1. The molecule has 2 rings (SSSR count). The van der Waals surface area contributed by atoms with E-state index in [0.717, 1.165) is 24.2 Å². The highest BCUT2D eigenvalue weighted by atomic mass is 35.5. The van der Waals surface area contributed by atoms with Crippen LogP contribution in [0.3, 0.4) is 0 Å². The van der Waals surface area contributed by atoms with Crippen LogP contribution in [0.5, 0.6) is 0 Å². The Morgan fingerprint density at radius 1 is 1.20 bits per heavy atom. The van der Waals surface area contributed by atoms with Crippen molar-refractivity contribution in [1.82, 2.24) is 4.90 Å². The Morgan fingerprint density at radius 3 is 2.33 bits per heavy atom. The molecule has 1 aromatic carbocycles. The van der Waals surface area contributed by atoms with Crippen LogP contribution < -0.4 is 0 Å². The predicted molar refractivity (Wildman–Crippen MR) is 61.0 cm³/mol. The maximum Gasteiger partial charge on any atom is 0.254 e. The van der Waals surface area contributed by atoms with Crippen LogP contribution in [-0.4, -0.2) is 23.9 Å². The summed E-state index contributed by atoms with van der Waals surface area (Å²) in [5, 5.41) is 0. The van der Waals surface area contributed by atoms with Crippen molar-refractivity contribution < 1.29 is 4.79 Å². The topological polar surface area (TPSA) is 20.3 Å². The van der Waals surface area contributed by atoms with Gasteiger partial charge in [0.2, 0.25) is 0 Å². The van der Waals surface area contributed by atoms with Crippen molar-refractivity contribution in [2.24, 2.45) is 0 Å². The van der Waals surface area contributed by atoms with Crippen molar-refractivity contribution in [2.45, 2.75) is 5.88 Å². The van der Waals surface area contributed by atoms with Crippen molar-refractivity contribution in [3.63, 3.8) is 0 Å². The molecule has 0 bridgehead atoms. The average molecular weight is 222 g/mol. The molecule has 0 aromatic heterocycles. The summed E-state index contributed by atoms with van der Waals surface area (Å²) in [6.07, 6.45) is 4.01. The zero-order valence-corrected chi connectivity index (χ0v) is 9.07. The number of amides is 1. The summed E-state index contributed by atoms with van der Waals surface area (Å²) >= 11 is 5.68. The highest BCUT2D eigenvalue weighted by Crippen LogP contribution is 2.11. The predicted octanol–water partition coefficient (Wildman–Crippen LogP) is 2.44. The molecule has 1 aromatic rings. The second-order valence-electron chi connectivity index (χ2n) is 3.51. The number of rotatable bonds is 2. The number of hydrogen-bond donors (Lipinski definition) is 0. The fourth-order valence-corrected chi connectivity index (χ4v) is 1.74. The third-order valence-electron chi connectivity index (χ3n) is 2.46. The number of benzene rings is 1. The first-order valence-electron chi connectivity index (χ1n) is 4.90. The van der Waals surface area contributed by atoms with Crippen molar-refractivity contribution >= 4 is 17.5 Å². The fourth-order valence-electron chi connectivity index (χ4n) is 1.56. The lowest BCUT2D eigenvalue weighted by Gasteiger charge is -2.15. The lowest BCUT2D eigenvalue weighted by atomic mass is 10.1. The van der Waals surface area contributed by atoms with E-state index in [0.29, 0.717) is 5.88 Å². The molecule has 0 N–H and O–H groups in total. The Morgan fingerprint density at radius 2 is 1.80 bits per heavy atom. The van der Waals surface area contributed by atoms with Crippen molar-refractivity contribution in [2.75, 3.05) is 13.1 Å².